The number of nitrogens with one attached hydrogen (secondary N) is 3. The van der Waals surface area contributed by atoms with Crippen LogP contribution in [0.2, 0.25) is 0 Å². The Kier molecular flexibility index (Phi) is 3.61. The molecule has 22 heavy (non-hydrogen) atoms. The average molecular weight is 300 g/mol. The average Bonchev–Trinajstić information content (AvgIpc) is 2.97. The number of carbonyl (C=O) groups is 1. The molecule has 0 saturated carbocycles. The van der Waals surface area contributed by atoms with Gasteiger partial charge in [0, 0.05) is 17.0 Å². The van der Waals surface area contributed by atoms with E-state index in [9.17, 15) is 9.18 Å². The Morgan fingerprint density at radius 3 is 2.86 bits per heavy atom. The molecule has 6 nitrogen and oxygen atoms in total. The van der Waals surface area contributed by atoms with Crippen LogP contribution < -0.4 is 15.6 Å². The van der Waals surface area contributed by atoms with E-state index in [1.54, 1.807) is 6.07 Å². The number of amides is 1. The van der Waals surface area contributed by atoms with Gasteiger partial charge < -0.3 is 9.72 Å². The number of para-hydroxylation sites is 1. The number of rotatable bonds is 4. The Hall–Kier alpha value is -3.09. The van der Waals surface area contributed by atoms with Crippen LogP contribution in [0, 0.1) is 5.82 Å². The number of aromatic nitrogens is 2. The van der Waals surface area contributed by atoms with E-state index in [2.05, 4.69) is 20.8 Å². The summed E-state index contributed by atoms with van der Waals surface area (Å²) in [6.45, 7) is 0. The van der Waals surface area contributed by atoms with E-state index in [1.165, 1.54) is 19.4 Å². The van der Waals surface area contributed by atoms with Gasteiger partial charge in [0.1, 0.15) is 5.69 Å². The number of fused-ring (bicyclic) bond motifs is 1. The molecule has 3 aromatic rings. The highest BCUT2D eigenvalue weighted by molar-refractivity contribution is 5.98. The Morgan fingerprint density at radius 1 is 1.32 bits per heavy atom. The van der Waals surface area contributed by atoms with Crippen LogP contribution in [-0.4, -0.2) is 23.0 Å². The van der Waals surface area contributed by atoms with Gasteiger partial charge in [-0.3, -0.25) is 15.6 Å². The molecule has 3 rings (SSSR count). The molecule has 2 aromatic heterocycles. The molecule has 1 aromatic carbocycles. The first-order valence-corrected chi connectivity index (χ1v) is 6.51. The minimum atomic E-state index is -0.618. The maximum atomic E-state index is 13.5. The zero-order chi connectivity index (χ0) is 15.5. The number of hydrogen-bond donors (Lipinski definition) is 3. The first kappa shape index (κ1) is 13.9. The van der Waals surface area contributed by atoms with Gasteiger partial charge in [0.2, 0.25) is 5.88 Å². The standard InChI is InChI=1S/C15H13FN4O2/c1-22-15-11(16)7-10(8-17-15)19-20-14(21)13-6-9-4-2-3-5-12(9)18-13/h2-8,18-19H,1H3,(H,20,21). The number of halogens is 1. The molecule has 0 aliphatic carbocycles. The zero-order valence-electron chi connectivity index (χ0n) is 11.7. The van der Waals surface area contributed by atoms with E-state index in [0.717, 1.165) is 10.9 Å². The van der Waals surface area contributed by atoms with E-state index in [1.807, 2.05) is 24.3 Å². The number of nitrogens with zero attached hydrogens (tertiary/aromatic N) is 1. The Bertz CT molecular complexity index is 798. The highest BCUT2D eigenvalue weighted by Crippen LogP contribution is 2.17. The minimum absolute atomic E-state index is 0.104. The maximum absolute atomic E-state index is 13.5. The van der Waals surface area contributed by atoms with Crippen molar-refractivity contribution in [3.63, 3.8) is 0 Å². The smallest absolute Gasteiger partial charge is 0.286 e. The van der Waals surface area contributed by atoms with Gasteiger partial charge in [-0.2, -0.15) is 0 Å². The number of methoxy groups -OCH3 is 1. The molecule has 7 heteroatoms. The van der Waals surface area contributed by atoms with Crippen LogP contribution in [0.15, 0.2) is 42.6 Å². The lowest BCUT2D eigenvalue weighted by molar-refractivity contribution is 0.0958. The summed E-state index contributed by atoms with van der Waals surface area (Å²) in [5, 5.41) is 0.935. The molecular weight excluding hydrogens is 287 g/mol. The molecule has 0 saturated heterocycles. The van der Waals surface area contributed by atoms with Gasteiger partial charge in [-0.15, -0.1) is 0 Å². The lowest BCUT2D eigenvalue weighted by atomic mass is 10.2. The van der Waals surface area contributed by atoms with Crippen LogP contribution in [0.5, 0.6) is 5.88 Å². The lowest BCUT2D eigenvalue weighted by Crippen LogP contribution is -2.29. The lowest BCUT2D eigenvalue weighted by Gasteiger charge is -2.08. The Balaban J connectivity index is 1.70. The third-order valence-electron chi connectivity index (χ3n) is 3.10. The monoisotopic (exact) mass is 300 g/mol. The number of benzene rings is 1. The number of hydrogen-bond acceptors (Lipinski definition) is 4. The summed E-state index contributed by atoms with van der Waals surface area (Å²) in [5.41, 5.74) is 6.65. The van der Waals surface area contributed by atoms with Crippen LogP contribution in [0.1, 0.15) is 10.5 Å². The van der Waals surface area contributed by atoms with Crippen molar-refractivity contribution in [1.82, 2.24) is 15.4 Å². The summed E-state index contributed by atoms with van der Waals surface area (Å²) < 4.78 is 18.2. The van der Waals surface area contributed by atoms with Crippen molar-refractivity contribution >= 4 is 22.5 Å². The maximum Gasteiger partial charge on any atom is 0.286 e. The summed E-state index contributed by atoms with van der Waals surface area (Å²) in [6.07, 6.45) is 1.35. The van der Waals surface area contributed by atoms with Crippen molar-refractivity contribution in [3.05, 3.63) is 54.1 Å². The summed E-state index contributed by atoms with van der Waals surface area (Å²) in [6, 6.07) is 10.5. The van der Waals surface area contributed by atoms with Crippen molar-refractivity contribution in [2.45, 2.75) is 0 Å². The number of ether oxygens (including phenoxy) is 1. The molecule has 2 heterocycles. The SMILES string of the molecule is COc1ncc(NNC(=O)c2cc3ccccc3[nH]2)cc1F. The van der Waals surface area contributed by atoms with Crippen LogP contribution in [-0.2, 0) is 0 Å². The number of hydrazine groups is 1. The van der Waals surface area contributed by atoms with E-state index in [-0.39, 0.29) is 11.8 Å². The molecule has 0 aliphatic rings. The van der Waals surface area contributed by atoms with Crippen molar-refractivity contribution < 1.29 is 13.9 Å². The van der Waals surface area contributed by atoms with Crippen molar-refractivity contribution in [2.24, 2.45) is 0 Å². The number of carbonyl (C=O) groups excluding carboxylic acids is 1. The van der Waals surface area contributed by atoms with Gasteiger partial charge in [-0.1, -0.05) is 18.2 Å². The molecule has 0 bridgehead atoms. The highest BCUT2D eigenvalue weighted by atomic mass is 19.1. The van der Waals surface area contributed by atoms with E-state index >= 15 is 0 Å². The molecular formula is C15H13FN4O2. The minimum Gasteiger partial charge on any atom is -0.479 e. The normalized spacial score (nSPS) is 10.5. The molecule has 1 amide bonds. The van der Waals surface area contributed by atoms with Crippen LogP contribution in [0.3, 0.4) is 0 Å². The van der Waals surface area contributed by atoms with Gasteiger partial charge in [0.05, 0.1) is 19.0 Å². The predicted molar refractivity (Wildman–Crippen MR) is 80.1 cm³/mol. The summed E-state index contributed by atoms with van der Waals surface area (Å²) in [7, 11) is 1.33. The van der Waals surface area contributed by atoms with E-state index in [4.69, 9.17) is 4.74 Å². The molecule has 0 spiro atoms. The second-order valence-corrected chi connectivity index (χ2v) is 4.56. The van der Waals surface area contributed by atoms with Crippen molar-refractivity contribution in [1.29, 1.82) is 0 Å². The number of pyridine rings is 1. The molecule has 0 aliphatic heterocycles. The van der Waals surface area contributed by atoms with E-state index < -0.39 is 5.82 Å². The fourth-order valence-electron chi connectivity index (χ4n) is 2.04. The fourth-order valence-corrected chi connectivity index (χ4v) is 2.04. The highest BCUT2D eigenvalue weighted by Gasteiger charge is 2.10. The molecule has 3 N–H and O–H groups in total. The van der Waals surface area contributed by atoms with Gasteiger partial charge in [0.25, 0.3) is 5.91 Å². The van der Waals surface area contributed by atoms with Crippen LogP contribution in [0.25, 0.3) is 10.9 Å². The topological polar surface area (TPSA) is 79.0 Å². The predicted octanol–water partition coefficient (Wildman–Crippen LogP) is 2.47. The number of anilines is 1. The number of aromatic amines is 1. The van der Waals surface area contributed by atoms with Gasteiger partial charge in [-0.05, 0) is 12.1 Å². The molecule has 112 valence electrons. The van der Waals surface area contributed by atoms with Crippen LogP contribution >= 0.6 is 0 Å². The third kappa shape index (κ3) is 2.69. The second kappa shape index (κ2) is 5.72. The number of H-pyrrole nitrogens is 1. The van der Waals surface area contributed by atoms with Crippen LogP contribution in [0.4, 0.5) is 10.1 Å². The Labute approximate surface area is 125 Å². The van der Waals surface area contributed by atoms with E-state index in [0.29, 0.717) is 11.4 Å². The third-order valence-corrected chi connectivity index (χ3v) is 3.10. The molecule has 0 fully saturated rings. The molecule has 0 radical (unpaired) electrons. The fraction of sp³-hybridized carbons (Fsp3) is 0.0667. The quantitative estimate of drug-likeness (QED) is 0.647. The van der Waals surface area contributed by atoms with Crippen molar-refractivity contribution in [3.8, 4) is 5.88 Å². The molecule has 0 atom stereocenters. The first-order chi connectivity index (χ1) is 10.7. The first-order valence-electron chi connectivity index (χ1n) is 6.51. The van der Waals surface area contributed by atoms with Gasteiger partial charge in [-0.25, -0.2) is 9.37 Å². The zero-order valence-corrected chi connectivity index (χ0v) is 11.7. The second-order valence-electron chi connectivity index (χ2n) is 4.56. The Morgan fingerprint density at radius 2 is 2.14 bits per heavy atom. The summed E-state index contributed by atoms with van der Waals surface area (Å²) in [4.78, 5) is 18.8. The van der Waals surface area contributed by atoms with Crippen molar-refractivity contribution in [2.75, 3.05) is 12.5 Å². The summed E-state index contributed by atoms with van der Waals surface area (Å²) in [5.74, 6) is -1.09. The molecule has 0 unspecified atom stereocenters. The van der Waals surface area contributed by atoms with Gasteiger partial charge >= 0.3 is 0 Å². The van der Waals surface area contributed by atoms with Gasteiger partial charge in [0.15, 0.2) is 5.82 Å². The largest absolute Gasteiger partial charge is 0.479 e. The summed E-state index contributed by atoms with van der Waals surface area (Å²) >= 11 is 0.